The molecule has 0 fully saturated rings. The zero-order chi connectivity index (χ0) is 19.8. The first-order valence-corrected chi connectivity index (χ1v) is 9.22. The van der Waals surface area contributed by atoms with E-state index in [2.05, 4.69) is 26.6 Å². The highest BCUT2D eigenvalue weighted by Crippen LogP contribution is 2.19. The van der Waals surface area contributed by atoms with Crippen LogP contribution in [-0.4, -0.2) is 30.4 Å². The molecule has 0 saturated heterocycles. The van der Waals surface area contributed by atoms with Gasteiger partial charge >= 0.3 is 5.97 Å². The summed E-state index contributed by atoms with van der Waals surface area (Å²) in [5.41, 5.74) is 2.12. The highest BCUT2D eigenvalue weighted by molar-refractivity contribution is 9.10. The van der Waals surface area contributed by atoms with Crippen molar-refractivity contribution in [3.05, 3.63) is 64.1 Å². The van der Waals surface area contributed by atoms with Crippen molar-refractivity contribution in [1.29, 1.82) is 0 Å². The maximum atomic E-state index is 12.0. The summed E-state index contributed by atoms with van der Waals surface area (Å²) in [6, 6.07) is 13.7. The van der Waals surface area contributed by atoms with Gasteiger partial charge in [-0.15, -0.1) is 0 Å². The number of carbonyl (C=O) groups excluding carboxylic acids is 3. The van der Waals surface area contributed by atoms with E-state index in [1.807, 2.05) is 25.1 Å². The smallest absolute Gasteiger partial charge is 0.308 e. The number of halogens is 1. The number of anilines is 1. The quantitative estimate of drug-likeness (QED) is 0.656. The SMILES string of the molecule is Cc1cc(NC(=O)COC(=O)CC(C)NC(=O)c2ccccc2)ccc1Br. The molecule has 0 saturated carbocycles. The molecule has 0 aliphatic heterocycles. The number of aryl methyl sites for hydroxylation is 1. The van der Waals surface area contributed by atoms with Gasteiger partial charge in [0.15, 0.2) is 6.61 Å². The van der Waals surface area contributed by atoms with Crippen LogP contribution in [0.15, 0.2) is 53.0 Å². The monoisotopic (exact) mass is 432 g/mol. The fourth-order valence-corrected chi connectivity index (χ4v) is 2.57. The van der Waals surface area contributed by atoms with Gasteiger partial charge in [-0.2, -0.15) is 0 Å². The second kappa shape index (κ2) is 9.87. The van der Waals surface area contributed by atoms with Crippen molar-refractivity contribution in [1.82, 2.24) is 5.32 Å². The first-order chi connectivity index (χ1) is 12.8. The van der Waals surface area contributed by atoms with Gasteiger partial charge in [0.1, 0.15) is 0 Å². The molecule has 2 N–H and O–H groups in total. The first-order valence-electron chi connectivity index (χ1n) is 8.42. The average molecular weight is 433 g/mol. The minimum atomic E-state index is -0.557. The molecular formula is C20H21BrN2O4. The molecule has 2 aromatic carbocycles. The van der Waals surface area contributed by atoms with Gasteiger partial charge in [-0.05, 0) is 49.7 Å². The van der Waals surface area contributed by atoms with Crippen LogP contribution < -0.4 is 10.6 Å². The lowest BCUT2D eigenvalue weighted by Gasteiger charge is -2.13. The molecule has 142 valence electrons. The molecule has 1 atom stereocenters. The van der Waals surface area contributed by atoms with Crippen molar-refractivity contribution in [3.8, 4) is 0 Å². The number of rotatable bonds is 7. The summed E-state index contributed by atoms with van der Waals surface area (Å²) in [7, 11) is 0. The van der Waals surface area contributed by atoms with Crippen LogP contribution in [0.2, 0.25) is 0 Å². The number of hydrogen-bond acceptors (Lipinski definition) is 4. The van der Waals surface area contributed by atoms with E-state index in [-0.39, 0.29) is 18.9 Å². The predicted octanol–water partition coefficient (Wildman–Crippen LogP) is 3.45. The van der Waals surface area contributed by atoms with E-state index in [0.29, 0.717) is 11.3 Å². The van der Waals surface area contributed by atoms with E-state index in [9.17, 15) is 14.4 Å². The maximum absolute atomic E-state index is 12.0. The molecule has 0 radical (unpaired) electrons. The molecule has 7 heteroatoms. The number of nitrogens with one attached hydrogen (secondary N) is 2. The van der Waals surface area contributed by atoms with E-state index < -0.39 is 17.9 Å². The largest absolute Gasteiger partial charge is 0.455 e. The number of amides is 2. The van der Waals surface area contributed by atoms with Crippen LogP contribution in [-0.2, 0) is 14.3 Å². The van der Waals surface area contributed by atoms with Crippen LogP contribution in [0.25, 0.3) is 0 Å². The maximum Gasteiger partial charge on any atom is 0.308 e. The Hall–Kier alpha value is -2.67. The summed E-state index contributed by atoms with van der Waals surface area (Å²) in [5.74, 6) is -1.25. The zero-order valence-electron chi connectivity index (χ0n) is 15.1. The summed E-state index contributed by atoms with van der Waals surface area (Å²) in [6.07, 6.45) is -0.0246. The van der Waals surface area contributed by atoms with Crippen LogP contribution >= 0.6 is 15.9 Å². The van der Waals surface area contributed by atoms with Gasteiger partial charge in [0.05, 0.1) is 6.42 Å². The molecule has 0 aromatic heterocycles. The van der Waals surface area contributed by atoms with Crippen molar-refractivity contribution in [2.75, 3.05) is 11.9 Å². The lowest BCUT2D eigenvalue weighted by molar-refractivity contribution is -0.147. The molecule has 1 unspecified atom stereocenters. The Labute approximate surface area is 166 Å². The summed E-state index contributed by atoms with van der Waals surface area (Å²) in [6.45, 7) is 3.23. The molecule has 0 heterocycles. The zero-order valence-corrected chi connectivity index (χ0v) is 16.7. The van der Waals surface area contributed by atoms with E-state index in [1.54, 1.807) is 37.3 Å². The Kier molecular flexibility index (Phi) is 7.55. The standard InChI is InChI=1S/C20H21BrN2O4/c1-13-10-16(8-9-17(13)21)23-18(24)12-27-19(25)11-14(2)22-20(26)15-6-4-3-5-7-15/h3-10,14H,11-12H2,1-2H3,(H,22,26)(H,23,24). The summed E-state index contributed by atoms with van der Waals surface area (Å²) in [5, 5.41) is 5.39. The molecule has 27 heavy (non-hydrogen) atoms. The van der Waals surface area contributed by atoms with E-state index in [1.165, 1.54) is 0 Å². The minimum absolute atomic E-state index is 0.0246. The number of carbonyl (C=O) groups is 3. The average Bonchev–Trinajstić information content (AvgIpc) is 2.63. The third kappa shape index (κ3) is 6.86. The van der Waals surface area contributed by atoms with Crippen LogP contribution in [0.1, 0.15) is 29.3 Å². The molecule has 0 spiro atoms. The second-order valence-electron chi connectivity index (χ2n) is 6.12. The Morgan fingerprint density at radius 1 is 1.11 bits per heavy atom. The summed E-state index contributed by atoms with van der Waals surface area (Å²) >= 11 is 3.39. The van der Waals surface area contributed by atoms with Crippen LogP contribution in [0, 0.1) is 6.92 Å². The number of hydrogen-bond donors (Lipinski definition) is 2. The third-order valence-corrected chi connectivity index (χ3v) is 4.58. The number of benzene rings is 2. The lowest BCUT2D eigenvalue weighted by atomic mass is 10.2. The normalized spacial score (nSPS) is 11.4. The lowest BCUT2D eigenvalue weighted by Crippen LogP contribution is -2.35. The van der Waals surface area contributed by atoms with Gasteiger partial charge in [-0.25, -0.2) is 0 Å². The van der Waals surface area contributed by atoms with Crippen molar-refractivity contribution >= 4 is 39.4 Å². The van der Waals surface area contributed by atoms with E-state index in [0.717, 1.165) is 10.0 Å². The molecule has 2 rings (SSSR count). The third-order valence-electron chi connectivity index (χ3n) is 3.69. The van der Waals surface area contributed by atoms with Crippen LogP contribution in [0.5, 0.6) is 0 Å². The fourth-order valence-electron chi connectivity index (χ4n) is 2.32. The summed E-state index contributed by atoms with van der Waals surface area (Å²) in [4.78, 5) is 35.8. The van der Waals surface area contributed by atoms with Crippen molar-refractivity contribution in [2.45, 2.75) is 26.3 Å². The van der Waals surface area contributed by atoms with Gasteiger partial charge in [0.2, 0.25) is 0 Å². The number of ether oxygens (including phenoxy) is 1. The van der Waals surface area contributed by atoms with Gasteiger partial charge < -0.3 is 15.4 Å². The Bertz CT molecular complexity index is 824. The van der Waals surface area contributed by atoms with Crippen molar-refractivity contribution in [3.63, 3.8) is 0 Å². The molecule has 2 amide bonds. The van der Waals surface area contributed by atoms with Gasteiger partial charge in [-0.1, -0.05) is 34.1 Å². The Balaban J connectivity index is 1.74. The van der Waals surface area contributed by atoms with E-state index in [4.69, 9.17) is 4.74 Å². The van der Waals surface area contributed by atoms with Crippen LogP contribution in [0.4, 0.5) is 5.69 Å². The fraction of sp³-hybridized carbons (Fsp3) is 0.250. The molecule has 2 aromatic rings. The molecule has 6 nitrogen and oxygen atoms in total. The minimum Gasteiger partial charge on any atom is -0.455 e. The second-order valence-corrected chi connectivity index (χ2v) is 6.97. The van der Waals surface area contributed by atoms with Crippen molar-refractivity contribution < 1.29 is 19.1 Å². The molecule has 0 aliphatic rings. The van der Waals surface area contributed by atoms with Gasteiger partial charge in [0, 0.05) is 21.8 Å². The first kappa shape index (κ1) is 20.6. The van der Waals surface area contributed by atoms with Crippen LogP contribution in [0.3, 0.4) is 0 Å². The van der Waals surface area contributed by atoms with Gasteiger partial charge in [0.25, 0.3) is 11.8 Å². The topological polar surface area (TPSA) is 84.5 Å². The summed E-state index contributed by atoms with van der Waals surface area (Å²) < 4.78 is 5.92. The van der Waals surface area contributed by atoms with Crippen molar-refractivity contribution in [2.24, 2.45) is 0 Å². The highest BCUT2D eigenvalue weighted by atomic mass is 79.9. The molecular weight excluding hydrogens is 412 g/mol. The van der Waals surface area contributed by atoms with Gasteiger partial charge in [-0.3, -0.25) is 14.4 Å². The van der Waals surface area contributed by atoms with E-state index >= 15 is 0 Å². The molecule has 0 bridgehead atoms. The molecule has 0 aliphatic carbocycles. The number of esters is 1. The highest BCUT2D eigenvalue weighted by Gasteiger charge is 2.15. The Morgan fingerprint density at radius 2 is 1.81 bits per heavy atom. The predicted molar refractivity (Wildman–Crippen MR) is 106 cm³/mol. The Morgan fingerprint density at radius 3 is 2.48 bits per heavy atom.